The highest BCUT2D eigenvalue weighted by atomic mass is 32.2. The van der Waals surface area contributed by atoms with Gasteiger partial charge in [0, 0.05) is 25.3 Å². The van der Waals surface area contributed by atoms with Crippen molar-refractivity contribution in [3.8, 4) is 0 Å². The number of amides is 2. The van der Waals surface area contributed by atoms with Crippen molar-refractivity contribution >= 4 is 36.8 Å². The minimum absolute atomic E-state index is 0.000994. The van der Waals surface area contributed by atoms with E-state index in [0.717, 1.165) is 57.2 Å². The van der Waals surface area contributed by atoms with Crippen LogP contribution in [0, 0.1) is 33.3 Å². The third-order valence-electron chi connectivity index (χ3n) is 10.1. The highest BCUT2D eigenvalue weighted by Crippen LogP contribution is 2.65. The van der Waals surface area contributed by atoms with Crippen LogP contribution < -0.4 is 26.5 Å². The number of hydrogen-bond acceptors (Lipinski definition) is 9. The molecule has 4 aliphatic rings. The second-order valence-corrected chi connectivity index (χ2v) is 15.5. The van der Waals surface area contributed by atoms with Crippen molar-refractivity contribution in [3.05, 3.63) is 10.1 Å². The fraction of sp³-hybridized carbons (Fsp3) is 0.903. The Balaban J connectivity index is 1.59. The first kappa shape index (κ1) is 38.4. The molecule has 1 saturated heterocycles. The largest absolute Gasteiger partial charge is 0.481 e. The topological polar surface area (TPSA) is 182 Å². The molecule has 262 valence electrons. The molecule has 4 fully saturated rings. The number of aliphatic imine (C=N–C) groups is 1. The van der Waals surface area contributed by atoms with Crippen molar-refractivity contribution in [3.63, 3.8) is 0 Å². The van der Waals surface area contributed by atoms with Crippen LogP contribution in [0.2, 0.25) is 0 Å². The zero-order valence-corrected chi connectivity index (χ0v) is 29.6. The van der Waals surface area contributed by atoms with Gasteiger partial charge >= 0.3 is 7.12 Å². The third-order valence-corrected chi connectivity index (χ3v) is 10.8. The lowest BCUT2D eigenvalue weighted by Crippen LogP contribution is -2.65. The Kier molecular flexibility index (Phi) is 14.9. The summed E-state index contributed by atoms with van der Waals surface area (Å²) in [5, 5.41) is 16.0. The molecular weight excluding hydrogens is 609 g/mol. The van der Waals surface area contributed by atoms with Gasteiger partial charge in [0.15, 0.2) is 5.03 Å². The summed E-state index contributed by atoms with van der Waals surface area (Å²) in [5.74, 6) is 1.20. The normalized spacial score (nSPS) is 26.2. The van der Waals surface area contributed by atoms with Gasteiger partial charge in [0.05, 0.1) is 17.6 Å². The number of carbonyl (C=O) groups excluding carboxylic acids is 2. The SMILES string of the molecule is CCSNCCCCCCCC(=O)N[C@@H](CCCN=C(N)N[N+](=O)[O-])C(=O)N[C@@H](CC(C)C)B1O[C@@H]2C[C@@H]3C[C@@H](C3(C)C)[C@]2(C)O1. The Hall–Kier alpha value is -2.10. The predicted molar refractivity (Wildman–Crippen MR) is 183 cm³/mol. The summed E-state index contributed by atoms with van der Waals surface area (Å²) in [6.07, 6.45) is 8.79. The summed E-state index contributed by atoms with van der Waals surface area (Å²) < 4.78 is 16.6. The number of carbonyl (C=O) groups is 2. The van der Waals surface area contributed by atoms with E-state index in [-0.39, 0.29) is 47.7 Å². The molecule has 3 saturated carbocycles. The molecule has 0 spiro atoms. The second kappa shape index (κ2) is 17.9. The van der Waals surface area contributed by atoms with E-state index in [1.54, 1.807) is 11.9 Å². The fourth-order valence-electron chi connectivity index (χ4n) is 7.45. The lowest BCUT2D eigenvalue weighted by Gasteiger charge is -2.64. The Morgan fingerprint density at radius 1 is 1.11 bits per heavy atom. The molecule has 1 heterocycles. The molecular formula is C31H58BN7O6S. The lowest BCUT2D eigenvalue weighted by molar-refractivity contribution is -0.525. The number of rotatable bonds is 21. The molecule has 15 heteroatoms. The van der Waals surface area contributed by atoms with Gasteiger partial charge in [0.2, 0.25) is 11.8 Å². The van der Waals surface area contributed by atoms with Gasteiger partial charge in [-0.15, -0.1) is 0 Å². The first-order valence-corrected chi connectivity index (χ1v) is 18.2. The minimum Gasteiger partial charge on any atom is -0.404 e. The van der Waals surface area contributed by atoms with Crippen LogP contribution in [0.15, 0.2) is 4.99 Å². The maximum atomic E-state index is 13.8. The molecule has 0 aromatic rings. The summed E-state index contributed by atoms with van der Waals surface area (Å²) in [7, 11) is -0.568. The van der Waals surface area contributed by atoms with Crippen LogP contribution in [0.5, 0.6) is 0 Å². The average molecular weight is 668 g/mol. The van der Waals surface area contributed by atoms with E-state index >= 15 is 0 Å². The summed E-state index contributed by atoms with van der Waals surface area (Å²) >= 11 is 1.72. The number of hydrazine groups is 1. The van der Waals surface area contributed by atoms with Crippen molar-refractivity contribution in [2.24, 2.45) is 33.9 Å². The van der Waals surface area contributed by atoms with Gasteiger partial charge in [0.1, 0.15) is 6.04 Å². The summed E-state index contributed by atoms with van der Waals surface area (Å²) in [5.41, 5.74) is 7.17. The van der Waals surface area contributed by atoms with Crippen LogP contribution >= 0.6 is 11.9 Å². The number of nitro groups is 1. The van der Waals surface area contributed by atoms with Gasteiger partial charge < -0.3 is 25.7 Å². The van der Waals surface area contributed by atoms with E-state index in [9.17, 15) is 19.7 Å². The predicted octanol–water partition coefficient (Wildman–Crippen LogP) is 3.74. The Bertz CT molecular complexity index is 1050. The molecule has 3 aliphatic carbocycles. The van der Waals surface area contributed by atoms with Crippen molar-refractivity contribution < 1.29 is 23.9 Å². The first-order valence-electron chi connectivity index (χ1n) is 17.3. The smallest absolute Gasteiger partial charge is 0.404 e. The Morgan fingerprint density at radius 2 is 1.83 bits per heavy atom. The van der Waals surface area contributed by atoms with Crippen molar-refractivity contribution in [1.29, 1.82) is 0 Å². The number of hydrogen-bond donors (Lipinski definition) is 5. The van der Waals surface area contributed by atoms with E-state index in [4.69, 9.17) is 15.0 Å². The summed E-state index contributed by atoms with van der Waals surface area (Å²) in [4.78, 5) is 41.3. The fourth-order valence-corrected chi connectivity index (χ4v) is 7.94. The van der Waals surface area contributed by atoms with Gasteiger partial charge in [-0.2, -0.15) is 0 Å². The molecule has 0 unspecified atom stereocenters. The number of guanidine groups is 1. The molecule has 2 amide bonds. The van der Waals surface area contributed by atoms with E-state index in [1.165, 1.54) is 0 Å². The Labute approximate surface area is 279 Å². The number of nitrogens with one attached hydrogen (secondary N) is 4. The van der Waals surface area contributed by atoms with Crippen LogP contribution in [0.1, 0.15) is 112 Å². The van der Waals surface area contributed by atoms with Gasteiger partial charge in [-0.1, -0.05) is 71.3 Å². The van der Waals surface area contributed by atoms with Crippen LogP contribution in [0.25, 0.3) is 0 Å². The third kappa shape index (κ3) is 10.7. The van der Waals surface area contributed by atoms with Crippen molar-refractivity contribution in [1.82, 2.24) is 20.8 Å². The van der Waals surface area contributed by atoms with Gasteiger partial charge in [-0.3, -0.25) is 14.3 Å². The van der Waals surface area contributed by atoms with Crippen molar-refractivity contribution in [2.45, 2.75) is 136 Å². The van der Waals surface area contributed by atoms with Crippen LogP contribution in [-0.4, -0.2) is 72.5 Å². The minimum atomic E-state index is -0.796. The highest BCUT2D eigenvalue weighted by molar-refractivity contribution is 7.97. The van der Waals surface area contributed by atoms with Crippen LogP contribution in [-0.2, 0) is 18.9 Å². The highest BCUT2D eigenvalue weighted by Gasteiger charge is 2.68. The molecule has 0 aromatic carbocycles. The molecule has 6 N–H and O–H groups in total. The number of nitrogens with two attached hydrogens (primary N) is 1. The number of unbranched alkanes of at least 4 members (excludes halogenated alkanes) is 4. The van der Waals surface area contributed by atoms with E-state index in [2.05, 4.69) is 61.9 Å². The first-order chi connectivity index (χ1) is 21.8. The summed E-state index contributed by atoms with van der Waals surface area (Å²) in [6, 6.07) is -0.796. The quantitative estimate of drug-likeness (QED) is 0.0230. The van der Waals surface area contributed by atoms with Gasteiger partial charge in [-0.25, -0.2) is 15.1 Å². The molecule has 0 aromatic heterocycles. The second-order valence-electron chi connectivity index (χ2n) is 14.3. The van der Waals surface area contributed by atoms with Crippen LogP contribution in [0.4, 0.5) is 0 Å². The van der Waals surface area contributed by atoms with E-state index < -0.39 is 23.8 Å². The molecule has 2 bridgehead atoms. The summed E-state index contributed by atoms with van der Waals surface area (Å²) in [6.45, 7) is 14.3. The molecule has 6 atom stereocenters. The molecule has 1 aliphatic heterocycles. The van der Waals surface area contributed by atoms with Crippen LogP contribution in [0.3, 0.4) is 0 Å². The zero-order chi connectivity index (χ0) is 33.9. The van der Waals surface area contributed by atoms with E-state index in [1.807, 2.05) is 5.43 Å². The zero-order valence-electron chi connectivity index (χ0n) is 28.8. The maximum absolute atomic E-state index is 13.8. The standard InChI is InChI=1S/C31H58BN7O6S/c1-7-46-35-17-12-10-8-9-11-15-27(40)36-23(14-13-16-34-29(33)38-39(42)43)28(41)37-26(18-21(2)3)32-44-25-20-22-19-24(30(22,4)5)31(25,6)45-32/h21-26,35H,7-20H2,1-6H3,(H,36,40)(H,37,41)(H3,33,34,38)/t22-,23-,24-,25+,26-,31-/m0/s1. The molecule has 4 rings (SSSR count). The maximum Gasteiger partial charge on any atom is 0.481 e. The average Bonchev–Trinajstić information content (AvgIpc) is 3.34. The molecule has 46 heavy (non-hydrogen) atoms. The monoisotopic (exact) mass is 667 g/mol. The van der Waals surface area contributed by atoms with E-state index in [0.29, 0.717) is 37.5 Å². The van der Waals surface area contributed by atoms with Crippen molar-refractivity contribution in [2.75, 3.05) is 18.8 Å². The Morgan fingerprint density at radius 3 is 2.50 bits per heavy atom. The number of nitrogens with zero attached hydrogens (tertiary/aromatic N) is 2. The van der Waals surface area contributed by atoms with Gasteiger partial charge in [0.25, 0.3) is 5.96 Å². The molecule has 0 radical (unpaired) electrons. The van der Waals surface area contributed by atoms with Gasteiger partial charge in [-0.05, 0) is 75.0 Å². The lowest BCUT2D eigenvalue weighted by atomic mass is 9.43. The molecule has 13 nitrogen and oxygen atoms in total.